The summed E-state index contributed by atoms with van der Waals surface area (Å²) in [4.78, 5) is 27.1. The minimum absolute atomic E-state index is 0.0619. The molecule has 2 N–H and O–H groups in total. The summed E-state index contributed by atoms with van der Waals surface area (Å²) in [5.41, 5.74) is 4.01. The molecule has 0 unspecified atom stereocenters. The highest BCUT2D eigenvalue weighted by Gasteiger charge is 2.33. The maximum atomic E-state index is 15.1. The fourth-order valence-corrected chi connectivity index (χ4v) is 6.29. The number of amides is 1. The minimum atomic E-state index is -1.41. The third-order valence-corrected chi connectivity index (χ3v) is 8.45. The molecule has 2 atom stereocenters. The molecule has 0 radical (unpaired) electrons. The number of rotatable bonds is 12. The third-order valence-electron chi connectivity index (χ3n) is 8.45. The minimum Gasteiger partial charge on any atom is -0.496 e. The Balaban J connectivity index is 1.38. The first kappa shape index (κ1) is 32.2. The van der Waals surface area contributed by atoms with Crippen LogP contribution in [0.4, 0.5) is 14.5 Å². The van der Waals surface area contributed by atoms with Crippen LogP contribution in [0.15, 0.2) is 42.5 Å². The molecule has 0 spiro atoms. The average Bonchev–Trinajstić information content (AvgIpc) is 3.47. The van der Waals surface area contributed by atoms with Gasteiger partial charge < -0.3 is 34.3 Å². The molecule has 0 aromatic heterocycles. The number of ether oxygens (including phenoxy) is 4. The molecule has 1 amide bonds. The second kappa shape index (κ2) is 14.3. The lowest BCUT2D eigenvalue weighted by Gasteiger charge is -2.29. The van der Waals surface area contributed by atoms with Gasteiger partial charge in [-0.25, -0.2) is 13.6 Å². The fourth-order valence-electron chi connectivity index (χ4n) is 6.29. The molecule has 0 saturated carbocycles. The van der Waals surface area contributed by atoms with Crippen molar-refractivity contribution in [3.63, 3.8) is 0 Å². The Morgan fingerprint density at radius 2 is 1.73 bits per heavy atom. The number of hydrogen-bond donors (Lipinski definition) is 2. The van der Waals surface area contributed by atoms with Crippen molar-refractivity contribution in [2.45, 2.75) is 44.8 Å². The van der Waals surface area contributed by atoms with Gasteiger partial charge in [0, 0.05) is 43.3 Å². The summed E-state index contributed by atoms with van der Waals surface area (Å²) in [6.45, 7) is 4.71. The van der Waals surface area contributed by atoms with Crippen molar-refractivity contribution in [1.82, 2.24) is 5.32 Å². The topological polar surface area (TPSA) is 107 Å². The molecule has 1 aliphatic heterocycles. The standard InChI is InChI=1S/C34H38F2N2O7/c1-4-44-19-20-14-29(42-2)31(30(15-20)43-3)25-9-8-23-21(6-5-7-24(23)25)16-28(34(40)41)37-33(39)32-26(35)17-22(18-27(32)36)38-10-12-45-13-11-38/h5-7,14-15,17-18,25,28H,4,8-13,16,19H2,1-3H3,(H,37,39)(H,40,41)/t25-,28-/m0/s1. The number of carbonyl (C=O) groups is 2. The predicted molar refractivity (Wildman–Crippen MR) is 163 cm³/mol. The number of carboxylic acids is 1. The van der Waals surface area contributed by atoms with Crippen molar-refractivity contribution < 1.29 is 42.4 Å². The normalized spacial score (nSPS) is 16.6. The average molecular weight is 625 g/mol. The van der Waals surface area contributed by atoms with Gasteiger partial charge in [-0.1, -0.05) is 18.2 Å². The molecule has 2 aliphatic rings. The number of halogens is 2. The fraction of sp³-hybridized carbons (Fsp3) is 0.412. The highest BCUT2D eigenvalue weighted by atomic mass is 19.1. The third kappa shape index (κ3) is 6.89. The van der Waals surface area contributed by atoms with E-state index in [9.17, 15) is 14.7 Å². The summed E-state index contributed by atoms with van der Waals surface area (Å²) in [6.07, 6.45) is 1.34. The zero-order valence-electron chi connectivity index (χ0n) is 25.7. The second-order valence-electron chi connectivity index (χ2n) is 11.1. The van der Waals surface area contributed by atoms with E-state index >= 15 is 8.78 Å². The summed E-state index contributed by atoms with van der Waals surface area (Å²) < 4.78 is 52.5. The SMILES string of the molecule is CCOCc1cc(OC)c([C@H]2CCc3c(C[C@H](NC(=O)c4c(F)cc(N5CCOCC5)cc4F)C(=O)O)cccc32)c(OC)c1. The van der Waals surface area contributed by atoms with Crippen LogP contribution in [0.1, 0.15) is 57.4 Å². The van der Waals surface area contributed by atoms with Crippen LogP contribution in [0.3, 0.4) is 0 Å². The Morgan fingerprint density at radius 1 is 1.07 bits per heavy atom. The lowest BCUT2D eigenvalue weighted by atomic mass is 9.89. The quantitative estimate of drug-likeness (QED) is 0.295. The molecule has 9 nitrogen and oxygen atoms in total. The number of aliphatic carboxylic acids is 1. The molecule has 1 saturated heterocycles. The molecular formula is C34H38F2N2O7. The van der Waals surface area contributed by atoms with E-state index in [1.165, 1.54) is 0 Å². The number of nitrogens with one attached hydrogen (secondary N) is 1. The van der Waals surface area contributed by atoms with Crippen molar-refractivity contribution in [1.29, 1.82) is 0 Å². The van der Waals surface area contributed by atoms with Crippen molar-refractivity contribution >= 4 is 17.6 Å². The van der Waals surface area contributed by atoms with Crippen molar-refractivity contribution in [3.8, 4) is 11.5 Å². The zero-order valence-corrected chi connectivity index (χ0v) is 25.7. The molecule has 45 heavy (non-hydrogen) atoms. The first-order valence-corrected chi connectivity index (χ1v) is 15.0. The molecule has 5 rings (SSSR count). The molecule has 11 heteroatoms. The molecule has 1 aliphatic carbocycles. The maximum Gasteiger partial charge on any atom is 0.326 e. The van der Waals surface area contributed by atoms with Gasteiger partial charge in [-0.3, -0.25) is 4.79 Å². The number of carboxylic acid groups (broad SMARTS) is 1. The first-order chi connectivity index (χ1) is 21.7. The van der Waals surface area contributed by atoms with E-state index in [0.29, 0.717) is 63.1 Å². The van der Waals surface area contributed by atoms with E-state index in [0.717, 1.165) is 46.4 Å². The van der Waals surface area contributed by atoms with Gasteiger partial charge in [0.05, 0.1) is 34.0 Å². The molecule has 3 aromatic carbocycles. The Hall–Kier alpha value is -4.22. The number of carbonyl (C=O) groups excluding carboxylic acids is 1. The Morgan fingerprint density at radius 3 is 2.33 bits per heavy atom. The van der Waals surface area contributed by atoms with Gasteiger partial charge in [0.2, 0.25) is 0 Å². The lowest BCUT2D eigenvalue weighted by Crippen LogP contribution is -2.43. The highest BCUT2D eigenvalue weighted by Crippen LogP contribution is 2.47. The molecule has 240 valence electrons. The monoisotopic (exact) mass is 624 g/mol. The van der Waals surface area contributed by atoms with Crippen LogP contribution in [0, 0.1) is 11.6 Å². The number of hydrogen-bond acceptors (Lipinski definition) is 7. The largest absolute Gasteiger partial charge is 0.496 e. The van der Waals surface area contributed by atoms with Crippen molar-refractivity contribution in [3.05, 3.63) is 87.5 Å². The summed E-state index contributed by atoms with van der Waals surface area (Å²) in [5.74, 6) is -3.28. The number of benzene rings is 3. The van der Waals surface area contributed by atoms with Crippen molar-refractivity contribution in [2.24, 2.45) is 0 Å². The number of methoxy groups -OCH3 is 2. The summed E-state index contributed by atoms with van der Waals surface area (Å²) in [6, 6.07) is 10.3. The number of nitrogens with zero attached hydrogens (tertiary/aromatic N) is 1. The predicted octanol–water partition coefficient (Wildman–Crippen LogP) is 4.86. The van der Waals surface area contributed by atoms with Crippen LogP contribution >= 0.6 is 0 Å². The smallest absolute Gasteiger partial charge is 0.326 e. The lowest BCUT2D eigenvalue weighted by molar-refractivity contribution is -0.139. The number of fused-ring (bicyclic) bond motifs is 1. The van der Waals surface area contributed by atoms with Crippen molar-refractivity contribution in [2.75, 3.05) is 52.0 Å². The Labute approximate surface area is 261 Å². The van der Waals surface area contributed by atoms with Crippen LogP contribution in [-0.4, -0.2) is 70.2 Å². The van der Waals surface area contributed by atoms with E-state index in [4.69, 9.17) is 18.9 Å². The van der Waals surface area contributed by atoms with E-state index < -0.39 is 35.1 Å². The van der Waals surface area contributed by atoms with E-state index in [2.05, 4.69) is 5.32 Å². The summed E-state index contributed by atoms with van der Waals surface area (Å²) in [7, 11) is 3.22. The summed E-state index contributed by atoms with van der Waals surface area (Å²) >= 11 is 0. The molecule has 0 bridgehead atoms. The van der Waals surface area contributed by atoms with Crippen LogP contribution in [-0.2, 0) is 33.7 Å². The number of anilines is 1. The summed E-state index contributed by atoms with van der Waals surface area (Å²) in [5, 5.41) is 12.4. The maximum absolute atomic E-state index is 15.1. The van der Waals surface area contributed by atoms with E-state index in [1.807, 2.05) is 37.3 Å². The van der Waals surface area contributed by atoms with Gasteiger partial charge in [0.15, 0.2) is 0 Å². The van der Waals surface area contributed by atoms with Crippen LogP contribution in [0.5, 0.6) is 11.5 Å². The first-order valence-electron chi connectivity index (χ1n) is 15.0. The highest BCUT2D eigenvalue weighted by molar-refractivity contribution is 5.97. The van der Waals surface area contributed by atoms with Gasteiger partial charge in [0.25, 0.3) is 5.91 Å². The van der Waals surface area contributed by atoms with E-state index in [1.54, 1.807) is 19.1 Å². The van der Waals surface area contributed by atoms with Gasteiger partial charge in [-0.2, -0.15) is 0 Å². The van der Waals surface area contributed by atoms with Crippen LogP contribution in [0.25, 0.3) is 0 Å². The van der Waals surface area contributed by atoms with Crippen LogP contribution < -0.4 is 19.7 Å². The van der Waals surface area contributed by atoms with Gasteiger partial charge in [-0.05, 0) is 66.3 Å². The number of morpholine rings is 1. The van der Waals surface area contributed by atoms with Crippen LogP contribution in [0.2, 0.25) is 0 Å². The van der Waals surface area contributed by atoms with E-state index in [-0.39, 0.29) is 12.3 Å². The molecule has 1 fully saturated rings. The molecule has 1 heterocycles. The van der Waals surface area contributed by atoms with Gasteiger partial charge in [0.1, 0.15) is 34.7 Å². The zero-order chi connectivity index (χ0) is 32.1. The molecule has 3 aromatic rings. The van der Waals surface area contributed by atoms with Gasteiger partial charge in [-0.15, -0.1) is 0 Å². The molecular weight excluding hydrogens is 586 g/mol. The Kier molecular flexibility index (Phi) is 10.2. The van der Waals surface area contributed by atoms with Gasteiger partial charge >= 0.3 is 5.97 Å². The Bertz CT molecular complexity index is 1510. The second-order valence-corrected chi connectivity index (χ2v) is 11.1.